The molecule has 1 atom stereocenters. The van der Waals surface area contributed by atoms with Crippen LogP contribution in [0.25, 0.3) is 11.4 Å². The fourth-order valence-corrected chi connectivity index (χ4v) is 3.23. The Kier molecular flexibility index (Phi) is 5.01. The smallest absolute Gasteiger partial charge is 0.248 e. The number of thiazole rings is 1. The first-order valence-corrected chi connectivity index (χ1v) is 8.51. The van der Waals surface area contributed by atoms with Crippen LogP contribution in [0.1, 0.15) is 17.3 Å². The summed E-state index contributed by atoms with van der Waals surface area (Å²) in [6.45, 7) is 1.75. The molecule has 8 heteroatoms. The molecule has 1 amide bonds. The number of aliphatic hydroxyl groups is 1. The molecule has 0 fully saturated rings. The summed E-state index contributed by atoms with van der Waals surface area (Å²) in [5.74, 6) is -0.0339. The Labute approximate surface area is 148 Å². The van der Waals surface area contributed by atoms with E-state index in [0.29, 0.717) is 16.5 Å². The summed E-state index contributed by atoms with van der Waals surface area (Å²) in [7, 11) is 0. The third-order valence-corrected chi connectivity index (χ3v) is 4.45. The zero-order valence-corrected chi connectivity index (χ0v) is 14.3. The summed E-state index contributed by atoms with van der Waals surface area (Å²) in [6.07, 6.45) is 3.22. The van der Waals surface area contributed by atoms with E-state index in [1.807, 2.05) is 30.5 Å². The number of amides is 1. The summed E-state index contributed by atoms with van der Waals surface area (Å²) in [5, 5.41) is 12.2. The minimum absolute atomic E-state index is 0.0963. The van der Waals surface area contributed by atoms with Gasteiger partial charge in [0, 0.05) is 23.3 Å². The third kappa shape index (κ3) is 3.65. The Hall–Kier alpha value is -2.84. The third-order valence-electron chi connectivity index (χ3n) is 3.61. The van der Waals surface area contributed by atoms with E-state index >= 15 is 0 Å². The van der Waals surface area contributed by atoms with Crippen molar-refractivity contribution in [1.29, 1.82) is 0 Å². The van der Waals surface area contributed by atoms with Crippen molar-refractivity contribution in [2.24, 2.45) is 5.73 Å². The molecule has 3 N–H and O–H groups in total. The van der Waals surface area contributed by atoms with E-state index < -0.39 is 5.91 Å². The van der Waals surface area contributed by atoms with Gasteiger partial charge in [-0.15, -0.1) is 11.3 Å². The van der Waals surface area contributed by atoms with Gasteiger partial charge < -0.3 is 10.8 Å². The second kappa shape index (κ2) is 7.37. The standard InChI is InChI=1S/C17H17N5O2S/c1-11(9-23)22(15-8-12(16(18)24)5-7-20-15)17-21-14(10-25-17)13-4-2-3-6-19-13/h2-8,10-11,23H,9H2,1H3,(H2,18,24)/t11-/m0/s1. The lowest BCUT2D eigenvalue weighted by molar-refractivity contribution is 0.1000. The SMILES string of the molecule is C[C@@H](CO)N(c1cc(C(N)=O)ccn1)c1nc(-c2ccccn2)cs1. The van der Waals surface area contributed by atoms with Gasteiger partial charge in [-0.3, -0.25) is 14.7 Å². The quantitative estimate of drug-likeness (QED) is 0.702. The summed E-state index contributed by atoms with van der Waals surface area (Å²) in [4.78, 5) is 26.4. The second-order valence-electron chi connectivity index (χ2n) is 5.40. The van der Waals surface area contributed by atoms with Crippen molar-refractivity contribution in [3.63, 3.8) is 0 Å². The van der Waals surface area contributed by atoms with Crippen LogP contribution < -0.4 is 10.6 Å². The van der Waals surface area contributed by atoms with E-state index in [2.05, 4.69) is 15.0 Å². The van der Waals surface area contributed by atoms with Gasteiger partial charge in [0.05, 0.1) is 18.3 Å². The lowest BCUT2D eigenvalue weighted by Crippen LogP contribution is -2.32. The molecule has 0 aliphatic carbocycles. The topological polar surface area (TPSA) is 105 Å². The first kappa shape index (κ1) is 17.0. The Morgan fingerprint density at radius 1 is 1.28 bits per heavy atom. The van der Waals surface area contributed by atoms with Crippen molar-refractivity contribution in [3.8, 4) is 11.4 Å². The molecule has 0 radical (unpaired) electrons. The van der Waals surface area contributed by atoms with Crippen molar-refractivity contribution in [2.45, 2.75) is 13.0 Å². The molecule has 7 nitrogen and oxygen atoms in total. The average Bonchev–Trinajstić information content (AvgIpc) is 3.12. The van der Waals surface area contributed by atoms with Gasteiger partial charge in [-0.2, -0.15) is 0 Å². The van der Waals surface area contributed by atoms with E-state index in [4.69, 9.17) is 5.73 Å². The average molecular weight is 355 g/mol. The van der Waals surface area contributed by atoms with E-state index in [1.54, 1.807) is 23.2 Å². The Balaban J connectivity index is 2.01. The maximum absolute atomic E-state index is 11.4. The number of carbonyl (C=O) groups excluding carboxylic acids is 1. The molecule has 0 saturated heterocycles. The van der Waals surface area contributed by atoms with Gasteiger partial charge in [-0.1, -0.05) is 6.07 Å². The highest BCUT2D eigenvalue weighted by atomic mass is 32.1. The normalized spacial score (nSPS) is 11.9. The fraction of sp³-hybridized carbons (Fsp3) is 0.176. The van der Waals surface area contributed by atoms with Gasteiger partial charge in [0.1, 0.15) is 11.5 Å². The van der Waals surface area contributed by atoms with Gasteiger partial charge in [0.2, 0.25) is 5.91 Å². The van der Waals surface area contributed by atoms with Crippen molar-refractivity contribution < 1.29 is 9.90 Å². The number of pyridine rings is 2. The maximum Gasteiger partial charge on any atom is 0.248 e. The molecule has 3 rings (SSSR count). The van der Waals surface area contributed by atoms with Crippen molar-refractivity contribution in [3.05, 3.63) is 53.7 Å². The number of anilines is 2. The zero-order valence-electron chi connectivity index (χ0n) is 13.5. The highest BCUT2D eigenvalue weighted by Gasteiger charge is 2.22. The van der Waals surface area contributed by atoms with Gasteiger partial charge in [-0.25, -0.2) is 9.97 Å². The molecule has 128 valence electrons. The first-order valence-electron chi connectivity index (χ1n) is 7.63. The van der Waals surface area contributed by atoms with Crippen LogP contribution in [0.5, 0.6) is 0 Å². The van der Waals surface area contributed by atoms with Crippen LogP contribution in [0.15, 0.2) is 48.1 Å². The largest absolute Gasteiger partial charge is 0.394 e. The molecule has 0 spiro atoms. The predicted octanol–water partition coefficient (Wildman–Crippen LogP) is 2.22. The minimum atomic E-state index is -0.534. The minimum Gasteiger partial charge on any atom is -0.394 e. The van der Waals surface area contributed by atoms with Crippen molar-refractivity contribution >= 4 is 28.2 Å². The van der Waals surface area contributed by atoms with Crippen LogP contribution in [0.4, 0.5) is 10.9 Å². The molecule has 3 heterocycles. The number of nitrogens with zero attached hydrogens (tertiary/aromatic N) is 4. The monoisotopic (exact) mass is 355 g/mol. The number of carbonyl (C=O) groups is 1. The molecule has 3 aromatic heterocycles. The number of hydrogen-bond acceptors (Lipinski definition) is 7. The van der Waals surface area contributed by atoms with Crippen LogP contribution in [0.3, 0.4) is 0 Å². The number of nitrogens with two attached hydrogens (primary N) is 1. The predicted molar refractivity (Wildman–Crippen MR) is 96.8 cm³/mol. The molecule has 25 heavy (non-hydrogen) atoms. The Morgan fingerprint density at radius 2 is 2.12 bits per heavy atom. The summed E-state index contributed by atoms with van der Waals surface area (Å²) < 4.78 is 0. The molecule has 0 aliphatic rings. The summed E-state index contributed by atoms with van der Waals surface area (Å²) in [6, 6.07) is 8.48. The molecule has 3 aromatic rings. The lowest BCUT2D eigenvalue weighted by atomic mass is 10.2. The van der Waals surface area contributed by atoms with E-state index in [9.17, 15) is 9.90 Å². The van der Waals surface area contributed by atoms with E-state index in [1.165, 1.54) is 17.5 Å². The lowest BCUT2D eigenvalue weighted by Gasteiger charge is -2.26. The number of hydrogen-bond donors (Lipinski definition) is 2. The van der Waals surface area contributed by atoms with Gasteiger partial charge in [0.15, 0.2) is 5.13 Å². The van der Waals surface area contributed by atoms with Crippen LogP contribution in [-0.2, 0) is 0 Å². The van der Waals surface area contributed by atoms with Crippen LogP contribution >= 0.6 is 11.3 Å². The first-order chi connectivity index (χ1) is 12.1. The van der Waals surface area contributed by atoms with Crippen LogP contribution in [0, 0.1) is 0 Å². The molecular formula is C17H17N5O2S. The number of aromatic nitrogens is 3. The fourth-order valence-electron chi connectivity index (χ4n) is 2.30. The molecule has 0 unspecified atom stereocenters. The number of rotatable bonds is 6. The maximum atomic E-state index is 11.4. The summed E-state index contributed by atoms with van der Waals surface area (Å²) >= 11 is 1.41. The molecule has 0 saturated carbocycles. The highest BCUT2D eigenvalue weighted by Crippen LogP contribution is 2.32. The molecule has 0 bridgehead atoms. The van der Waals surface area contributed by atoms with Crippen LogP contribution in [-0.4, -0.2) is 38.6 Å². The van der Waals surface area contributed by atoms with E-state index in [0.717, 1.165) is 11.4 Å². The van der Waals surface area contributed by atoms with Crippen molar-refractivity contribution in [1.82, 2.24) is 15.0 Å². The summed E-state index contributed by atoms with van der Waals surface area (Å²) in [5.41, 5.74) is 7.21. The van der Waals surface area contributed by atoms with Crippen LogP contribution in [0.2, 0.25) is 0 Å². The molecule has 0 aromatic carbocycles. The van der Waals surface area contributed by atoms with Crippen molar-refractivity contribution in [2.75, 3.05) is 11.5 Å². The van der Waals surface area contributed by atoms with Gasteiger partial charge in [-0.05, 0) is 31.2 Å². The number of aliphatic hydroxyl groups excluding tert-OH is 1. The highest BCUT2D eigenvalue weighted by molar-refractivity contribution is 7.14. The van der Waals surface area contributed by atoms with Gasteiger partial charge in [0.25, 0.3) is 0 Å². The van der Waals surface area contributed by atoms with Gasteiger partial charge >= 0.3 is 0 Å². The molecule has 0 aliphatic heterocycles. The Bertz CT molecular complexity index is 868. The Morgan fingerprint density at radius 3 is 2.80 bits per heavy atom. The second-order valence-corrected chi connectivity index (χ2v) is 6.24. The van der Waals surface area contributed by atoms with E-state index in [-0.39, 0.29) is 12.6 Å². The zero-order chi connectivity index (χ0) is 17.8. The number of primary amides is 1. The molecular weight excluding hydrogens is 338 g/mol.